The van der Waals surface area contributed by atoms with Crippen LogP contribution >= 0.6 is 0 Å². The molecule has 3 heterocycles. The predicted octanol–water partition coefficient (Wildman–Crippen LogP) is 0.533. The molecule has 0 saturated carbocycles. The highest BCUT2D eigenvalue weighted by Crippen LogP contribution is 2.36. The van der Waals surface area contributed by atoms with E-state index in [0.29, 0.717) is 32.3 Å². The van der Waals surface area contributed by atoms with E-state index in [4.69, 9.17) is 19.9 Å². The van der Waals surface area contributed by atoms with Crippen LogP contribution in [0.15, 0.2) is 18.2 Å². The SMILES string of the molecule is COC(=O)c1cc(NC(=O)[C@H]2CC(=O)Nc3nc(N4CCOCC4)nc(N)c32)cc(C(=O)OC)c1. The molecule has 0 spiro atoms. The van der Waals surface area contributed by atoms with Crippen molar-refractivity contribution in [3.8, 4) is 0 Å². The molecule has 2 aliphatic rings. The number of rotatable bonds is 5. The van der Waals surface area contributed by atoms with Crippen LogP contribution in [-0.2, 0) is 23.8 Å². The Labute approximate surface area is 199 Å². The van der Waals surface area contributed by atoms with Crippen LogP contribution in [0.5, 0.6) is 0 Å². The molecular formula is C22H24N6O7. The summed E-state index contributed by atoms with van der Waals surface area (Å²) in [6.45, 7) is 2.15. The Kier molecular flexibility index (Phi) is 6.78. The molecule has 13 heteroatoms. The van der Waals surface area contributed by atoms with E-state index in [2.05, 4.69) is 20.6 Å². The summed E-state index contributed by atoms with van der Waals surface area (Å²) >= 11 is 0. The van der Waals surface area contributed by atoms with Crippen LogP contribution in [0.4, 0.5) is 23.3 Å². The van der Waals surface area contributed by atoms with Gasteiger partial charge >= 0.3 is 11.9 Å². The summed E-state index contributed by atoms with van der Waals surface area (Å²) in [5.74, 6) is -2.86. The zero-order valence-electron chi connectivity index (χ0n) is 19.1. The van der Waals surface area contributed by atoms with E-state index in [0.717, 1.165) is 0 Å². The lowest BCUT2D eigenvalue weighted by Crippen LogP contribution is -2.38. The van der Waals surface area contributed by atoms with Gasteiger partial charge in [0.25, 0.3) is 0 Å². The summed E-state index contributed by atoms with van der Waals surface area (Å²) in [5, 5.41) is 5.31. The van der Waals surface area contributed by atoms with Crippen molar-refractivity contribution in [3.05, 3.63) is 34.9 Å². The smallest absolute Gasteiger partial charge is 0.337 e. The fraction of sp³-hybridized carbons (Fsp3) is 0.364. The highest BCUT2D eigenvalue weighted by atomic mass is 16.5. The number of nitrogens with two attached hydrogens (primary N) is 1. The molecule has 2 aliphatic heterocycles. The first-order chi connectivity index (χ1) is 16.8. The number of fused-ring (bicyclic) bond motifs is 1. The minimum absolute atomic E-state index is 0.0329. The van der Waals surface area contributed by atoms with Crippen LogP contribution < -0.4 is 21.3 Å². The number of carbonyl (C=O) groups is 4. The Morgan fingerprint density at radius 1 is 1.09 bits per heavy atom. The molecule has 1 aromatic carbocycles. The summed E-state index contributed by atoms with van der Waals surface area (Å²) in [5.41, 5.74) is 6.71. The van der Waals surface area contributed by atoms with Crippen molar-refractivity contribution in [3.63, 3.8) is 0 Å². The Hall–Kier alpha value is -4.26. The molecule has 1 fully saturated rings. The molecule has 0 unspecified atom stereocenters. The van der Waals surface area contributed by atoms with E-state index < -0.39 is 29.7 Å². The van der Waals surface area contributed by atoms with Gasteiger partial charge in [-0.2, -0.15) is 9.97 Å². The van der Waals surface area contributed by atoms with Gasteiger partial charge in [0.05, 0.1) is 50.0 Å². The van der Waals surface area contributed by atoms with Crippen molar-refractivity contribution in [1.82, 2.24) is 9.97 Å². The zero-order valence-corrected chi connectivity index (χ0v) is 19.1. The Bertz CT molecular complexity index is 1160. The third-order valence-corrected chi connectivity index (χ3v) is 5.61. The van der Waals surface area contributed by atoms with Gasteiger partial charge in [-0.25, -0.2) is 9.59 Å². The molecule has 0 radical (unpaired) electrons. The maximum absolute atomic E-state index is 13.3. The number of esters is 2. The summed E-state index contributed by atoms with van der Waals surface area (Å²) in [4.78, 5) is 60.4. The lowest BCUT2D eigenvalue weighted by atomic mass is 9.91. The molecule has 184 valence electrons. The predicted molar refractivity (Wildman–Crippen MR) is 123 cm³/mol. The number of nitrogens with zero attached hydrogens (tertiary/aromatic N) is 3. The zero-order chi connectivity index (χ0) is 25.1. The second kappa shape index (κ2) is 9.93. The number of ether oxygens (including phenoxy) is 3. The van der Waals surface area contributed by atoms with Crippen LogP contribution in [0.1, 0.15) is 38.6 Å². The molecule has 13 nitrogen and oxygen atoms in total. The second-order valence-corrected chi connectivity index (χ2v) is 7.85. The molecule has 4 rings (SSSR count). The number of hydrogen-bond donors (Lipinski definition) is 3. The van der Waals surface area contributed by atoms with Gasteiger partial charge < -0.3 is 35.5 Å². The van der Waals surface area contributed by atoms with Crippen LogP contribution in [0.3, 0.4) is 0 Å². The normalized spacial score (nSPS) is 17.1. The van der Waals surface area contributed by atoms with Gasteiger partial charge in [0.15, 0.2) is 0 Å². The molecule has 1 saturated heterocycles. The molecule has 1 atom stereocenters. The summed E-state index contributed by atoms with van der Waals surface area (Å²) in [6, 6.07) is 3.98. The number of anilines is 4. The van der Waals surface area contributed by atoms with Gasteiger partial charge in [-0.05, 0) is 18.2 Å². The Morgan fingerprint density at radius 3 is 2.31 bits per heavy atom. The van der Waals surface area contributed by atoms with Crippen molar-refractivity contribution >= 4 is 47.0 Å². The maximum atomic E-state index is 13.3. The van der Waals surface area contributed by atoms with Crippen molar-refractivity contribution in [1.29, 1.82) is 0 Å². The first-order valence-corrected chi connectivity index (χ1v) is 10.7. The monoisotopic (exact) mass is 484 g/mol. The molecule has 2 amide bonds. The lowest BCUT2D eigenvalue weighted by Gasteiger charge is -2.30. The minimum Gasteiger partial charge on any atom is -0.465 e. The van der Waals surface area contributed by atoms with Crippen molar-refractivity contribution in [2.24, 2.45) is 0 Å². The number of amides is 2. The highest BCUT2D eigenvalue weighted by Gasteiger charge is 2.35. The number of nitrogens with one attached hydrogen (secondary N) is 2. The average Bonchev–Trinajstić information content (AvgIpc) is 2.87. The van der Waals surface area contributed by atoms with Crippen LogP contribution in [0.25, 0.3) is 0 Å². The van der Waals surface area contributed by atoms with Gasteiger partial charge in [-0.1, -0.05) is 0 Å². The Balaban J connectivity index is 1.65. The number of morpholine rings is 1. The third kappa shape index (κ3) is 4.99. The average molecular weight is 484 g/mol. The van der Waals surface area contributed by atoms with Gasteiger partial charge in [-0.3, -0.25) is 9.59 Å². The van der Waals surface area contributed by atoms with Gasteiger partial charge in [0, 0.05) is 25.2 Å². The van der Waals surface area contributed by atoms with E-state index in [1.807, 2.05) is 4.90 Å². The first kappa shape index (κ1) is 23.9. The lowest BCUT2D eigenvalue weighted by molar-refractivity contribution is -0.123. The van der Waals surface area contributed by atoms with Crippen molar-refractivity contribution in [2.45, 2.75) is 12.3 Å². The number of benzene rings is 1. The van der Waals surface area contributed by atoms with E-state index in [-0.39, 0.29) is 40.4 Å². The van der Waals surface area contributed by atoms with Gasteiger partial charge in [-0.15, -0.1) is 0 Å². The largest absolute Gasteiger partial charge is 0.465 e. The standard InChI is InChI=1S/C22H24N6O7/c1-33-20(31)11-7-12(21(32)34-2)9-13(8-11)24-19(30)14-10-15(29)25-18-16(14)17(23)26-22(27-18)28-3-5-35-6-4-28/h7-9,14H,3-6,10H2,1-2H3,(H,24,30)(H3,23,25,26,27,29)/t14-/m0/s1. The molecule has 35 heavy (non-hydrogen) atoms. The van der Waals surface area contributed by atoms with Crippen LogP contribution in [-0.4, -0.2) is 74.2 Å². The van der Waals surface area contributed by atoms with E-state index >= 15 is 0 Å². The molecular weight excluding hydrogens is 460 g/mol. The number of methoxy groups -OCH3 is 2. The third-order valence-electron chi connectivity index (χ3n) is 5.61. The number of aromatic nitrogens is 2. The van der Waals surface area contributed by atoms with Crippen molar-refractivity contribution in [2.75, 3.05) is 61.8 Å². The fourth-order valence-corrected chi connectivity index (χ4v) is 3.91. The van der Waals surface area contributed by atoms with E-state index in [1.54, 1.807) is 0 Å². The summed E-state index contributed by atoms with van der Waals surface area (Å²) in [6.07, 6.45) is -0.191. The van der Waals surface area contributed by atoms with Crippen LogP contribution in [0, 0.1) is 0 Å². The number of nitrogen functional groups attached to an aromatic ring is 1. The Morgan fingerprint density at radius 2 is 1.71 bits per heavy atom. The molecule has 4 N–H and O–H groups in total. The number of carbonyl (C=O) groups excluding carboxylic acids is 4. The topological polar surface area (TPSA) is 175 Å². The van der Waals surface area contributed by atoms with E-state index in [1.165, 1.54) is 32.4 Å². The van der Waals surface area contributed by atoms with E-state index in [9.17, 15) is 19.2 Å². The molecule has 0 bridgehead atoms. The maximum Gasteiger partial charge on any atom is 0.337 e. The molecule has 0 aliphatic carbocycles. The molecule has 1 aromatic heterocycles. The van der Waals surface area contributed by atoms with Crippen molar-refractivity contribution < 1.29 is 33.4 Å². The fourth-order valence-electron chi connectivity index (χ4n) is 3.91. The van der Waals surface area contributed by atoms with Crippen LogP contribution in [0.2, 0.25) is 0 Å². The minimum atomic E-state index is -0.999. The van der Waals surface area contributed by atoms with Gasteiger partial charge in [0.1, 0.15) is 11.6 Å². The number of hydrogen-bond acceptors (Lipinski definition) is 11. The quantitative estimate of drug-likeness (QED) is 0.505. The first-order valence-electron chi connectivity index (χ1n) is 10.7. The summed E-state index contributed by atoms with van der Waals surface area (Å²) in [7, 11) is 2.38. The summed E-state index contributed by atoms with van der Waals surface area (Å²) < 4.78 is 14.8. The van der Waals surface area contributed by atoms with Gasteiger partial charge in [0.2, 0.25) is 17.8 Å². The molecule has 2 aromatic rings. The second-order valence-electron chi connectivity index (χ2n) is 7.85. The highest BCUT2D eigenvalue weighted by molar-refractivity contribution is 6.06.